The average molecular weight is 557 g/mol. The fraction of sp³-hybridized carbons (Fsp3) is 0.538. The van der Waals surface area contributed by atoms with Crippen LogP contribution in [0.5, 0.6) is 0 Å². The highest BCUT2D eigenvalue weighted by Crippen LogP contribution is 2.34. The molecular weight excluding hydrogens is 520 g/mol. The maximum Gasteiger partial charge on any atom is 0.292 e. The van der Waals surface area contributed by atoms with E-state index in [2.05, 4.69) is 26.0 Å². The highest BCUT2D eigenvalue weighted by Gasteiger charge is 2.40. The smallest absolute Gasteiger partial charge is 0.292 e. The Morgan fingerprint density at radius 3 is 2.17 bits per heavy atom. The molecule has 1 fully saturated rings. The number of aliphatic hydroxyl groups excluding tert-OH is 4. The molecule has 0 unspecified atom stereocenters. The van der Waals surface area contributed by atoms with Crippen LogP contribution in [0.1, 0.15) is 24.0 Å². The molecule has 0 aromatic heterocycles. The number of benzene rings is 2. The van der Waals surface area contributed by atoms with Gasteiger partial charge < -0.3 is 36.4 Å². The van der Waals surface area contributed by atoms with Crippen molar-refractivity contribution < 1.29 is 25.3 Å². The van der Waals surface area contributed by atoms with Gasteiger partial charge >= 0.3 is 0 Å². The van der Waals surface area contributed by atoms with E-state index >= 15 is 0 Å². The third-order valence-electron chi connectivity index (χ3n) is 7.56. The van der Waals surface area contributed by atoms with Gasteiger partial charge in [0.25, 0.3) is 5.69 Å². The van der Waals surface area contributed by atoms with E-state index in [1.165, 1.54) is 29.3 Å². The van der Waals surface area contributed by atoms with Crippen LogP contribution in [-0.2, 0) is 12.8 Å². The quantitative estimate of drug-likeness (QED) is 0.0505. The number of likely N-dealkylation sites (tertiary alicyclic amines) is 1. The van der Waals surface area contributed by atoms with Gasteiger partial charge in [0.1, 0.15) is 17.9 Å². The Balaban J connectivity index is 1.35. The minimum atomic E-state index is -1.27. The largest absolute Gasteiger partial charge is 0.395 e. The van der Waals surface area contributed by atoms with Crippen LogP contribution in [0.2, 0.25) is 0 Å². The number of hydrogen-bond acceptors (Lipinski definition) is 11. The Bertz CT molecular complexity index is 1240. The topological polar surface area (TPSA) is 212 Å². The van der Waals surface area contributed by atoms with E-state index in [0.717, 1.165) is 37.1 Å². The summed E-state index contributed by atoms with van der Waals surface area (Å²) < 4.78 is 0. The Kier molecular flexibility index (Phi) is 9.98. The average Bonchev–Trinajstić information content (AvgIpc) is 2.95. The number of fused-ring (bicyclic) bond motifs is 1. The second kappa shape index (κ2) is 13.6. The van der Waals surface area contributed by atoms with Crippen LogP contribution in [0.3, 0.4) is 0 Å². The maximum atomic E-state index is 11.4. The van der Waals surface area contributed by atoms with Gasteiger partial charge in [0.2, 0.25) is 0 Å². The van der Waals surface area contributed by atoms with Crippen molar-refractivity contribution in [3.05, 3.63) is 62.0 Å². The first-order chi connectivity index (χ1) is 19.3. The lowest BCUT2D eigenvalue weighted by molar-refractivity contribution is -0.383. The zero-order valence-corrected chi connectivity index (χ0v) is 22.1. The molecule has 4 rings (SSSR count). The zero-order valence-electron chi connectivity index (χ0n) is 22.1. The Hall–Kier alpha value is -3.65. The number of piperidine rings is 1. The summed E-state index contributed by atoms with van der Waals surface area (Å²) in [6.07, 6.45) is 0.458. The standard InChI is InChI=1S/C26H36N8O6/c27-32-31-16-5-6-21(22(13-16)34(39)40)29-10-9-28-19-7-8-20(18-4-2-1-3-17(18)19)30-11-12-33-14-24(36)26(38)25(37)23(33)15-35/h5-8,13,23-26,28-30,35-38H,1-4,9-12,14-15H2/t23-,24+,25-,26-/m1/s1. The predicted molar refractivity (Wildman–Crippen MR) is 151 cm³/mol. The number of hydrogen-bond donors (Lipinski definition) is 7. The van der Waals surface area contributed by atoms with Crippen LogP contribution in [0.15, 0.2) is 35.4 Å². The summed E-state index contributed by atoms with van der Waals surface area (Å²) in [4.78, 5) is 15.4. The summed E-state index contributed by atoms with van der Waals surface area (Å²) in [5.41, 5.74) is 13.4. The summed E-state index contributed by atoms with van der Waals surface area (Å²) in [5.74, 6) is 0. The first-order valence-corrected chi connectivity index (χ1v) is 13.4. The lowest BCUT2D eigenvalue weighted by atomic mass is 9.89. The van der Waals surface area contributed by atoms with E-state index in [4.69, 9.17) is 5.53 Å². The fourth-order valence-electron chi connectivity index (χ4n) is 5.50. The van der Waals surface area contributed by atoms with Crippen molar-refractivity contribution in [3.8, 4) is 0 Å². The normalized spacial score (nSPS) is 22.6. The van der Waals surface area contributed by atoms with Gasteiger partial charge in [0.15, 0.2) is 0 Å². The number of rotatable bonds is 12. The molecule has 2 aromatic carbocycles. The summed E-state index contributed by atoms with van der Waals surface area (Å²) in [7, 11) is 0. The van der Waals surface area contributed by atoms with E-state index in [1.807, 2.05) is 12.1 Å². The monoisotopic (exact) mass is 556 g/mol. The molecule has 0 spiro atoms. The van der Waals surface area contributed by atoms with Gasteiger partial charge in [0, 0.05) is 60.8 Å². The zero-order chi connectivity index (χ0) is 28.6. The molecule has 14 nitrogen and oxygen atoms in total. The molecule has 4 atom stereocenters. The molecule has 2 aromatic rings. The molecule has 0 amide bonds. The van der Waals surface area contributed by atoms with E-state index < -0.39 is 29.3 Å². The SMILES string of the molecule is [N-]=[N+]=Nc1ccc(NCCNc2ccc(NCCN3C[C@H](O)[C@@H](O)[C@H](O)[C@H]3CO)c3c2CCCC3)c([N+](=O)[O-])c1. The molecule has 0 bridgehead atoms. The van der Waals surface area contributed by atoms with E-state index in [1.54, 1.807) is 4.90 Å². The van der Waals surface area contributed by atoms with Crippen molar-refractivity contribution in [3.63, 3.8) is 0 Å². The van der Waals surface area contributed by atoms with E-state index in [-0.39, 0.29) is 24.5 Å². The first-order valence-electron chi connectivity index (χ1n) is 13.4. The van der Waals surface area contributed by atoms with Crippen molar-refractivity contribution in [1.82, 2.24) is 4.90 Å². The Morgan fingerprint density at radius 2 is 1.57 bits per heavy atom. The number of β-amino-alcohol motifs (C(OH)–C–C–N with tert-alkyl or cyclic N) is 1. The molecule has 1 heterocycles. The van der Waals surface area contributed by atoms with Gasteiger partial charge in [-0.05, 0) is 60.5 Å². The molecular formula is C26H36N8O6. The van der Waals surface area contributed by atoms with Crippen molar-refractivity contribution in [2.24, 2.45) is 5.11 Å². The number of azide groups is 1. The number of nitro groups is 1. The molecule has 1 aliphatic carbocycles. The highest BCUT2D eigenvalue weighted by molar-refractivity contribution is 5.68. The van der Waals surface area contributed by atoms with Crippen molar-refractivity contribution in [2.45, 2.75) is 50.0 Å². The number of nitrogens with one attached hydrogen (secondary N) is 3. The molecule has 1 aliphatic heterocycles. The van der Waals surface area contributed by atoms with Crippen LogP contribution in [0, 0.1) is 10.1 Å². The van der Waals surface area contributed by atoms with Gasteiger partial charge in [-0.1, -0.05) is 11.2 Å². The minimum Gasteiger partial charge on any atom is -0.395 e. The second-order valence-electron chi connectivity index (χ2n) is 10.0. The van der Waals surface area contributed by atoms with Gasteiger partial charge in [-0.3, -0.25) is 15.0 Å². The summed E-state index contributed by atoms with van der Waals surface area (Å²) in [6.45, 7) is 1.83. The fourth-order valence-corrected chi connectivity index (χ4v) is 5.50. The predicted octanol–water partition coefficient (Wildman–Crippen LogP) is 2.11. The van der Waals surface area contributed by atoms with Gasteiger partial charge in [-0.25, -0.2) is 0 Å². The van der Waals surface area contributed by atoms with Gasteiger partial charge in [-0.15, -0.1) is 0 Å². The Labute approximate surface area is 231 Å². The first kappa shape index (κ1) is 29.3. The third-order valence-corrected chi connectivity index (χ3v) is 7.56. The lowest BCUT2D eigenvalue weighted by Crippen LogP contribution is -2.63. The molecule has 14 heteroatoms. The van der Waals surface area contributed by atoms with E-state index in [0.29, 0.717) is 31.9 Å². The Morgan fingerprint density at radius 1 is 0.975 bits per heavy atom. The third kappa shape index (κ3) is 6.73. The summed E-state index contributed by atoms with van der Waals surface area (Å²) in [6, 6.07) is 7.69. The molecule has 2 aliphatic rings. The minimum absolute atomic E-state index is 0.159. The lowest BCUT2D eigenvalue weighted by Gasteiger charge is -2.43. The summed E-state index contributed by atoms with van der Waals surface area (Å²) in [5, 5.41) is 64.7. The molecule has 7 N–H and O–H groups in total. The van der Waals surface area contributed by atoms with E-state index in [9.17, 15) is 30.5 Å². The molecule has 40 heavy (non-hydrogen) atoms. The molecule has 1 saturated heterocycles. The second-order valence-corrected chi connectivity index (χ2v) is 10.0. The molecule has 216 valence electrons. The number of aliphatic hydroxyl groups is 4. The van der Waals surface area contributed by atoms with Crippen molar-refractivity contribution in [2.75, 3.05) is 55.3 Å². The van der Waals surface area contributed by atoms with Crippen LogP contribution in [0.4, 0.5) is 28.4 Å². The maximum absolute atomic E-state index is 11.4. The van der Waals surface area contributed by atoms with Crippen LogP contribution in [-0.4, -0.2) is 93.9 Å². The highest BCUT2D eigenvalue weighted by atomic mass is 16.6. The summed E-state index contributed by atoms with van der Waals surface area (Å²) >= 11 is 0. The molecule has 0 radical (unpaired) electrons. The van der Waals surface area contributed by atoms with Crippen molar-refractivity contribution in [1.29, 1.82) is 0 Å². The van der Waals surface area contributed by atoms with Crippen LogP contribution in [0.25, 0.3) is 10.4 Å². The van der Waals surface area contributed by atoms with Crippen molar-refractivity contribution >= 4 is 28.4 Å². The number of nitrogens with zero attached hydrogens (tertiary/aromatic N) is 5. The molecule has 0 saturated carbocycles. The number of anilines is 3. The number of nitro benzene ring substituents is 1. The van der Waals surface area contributed by atoms with Crippen LogP contribution < -0.4 is 16.0 Å². The van der Waals surface area contributed by atoms with Gasteiger partial charge in [0.05, 0.1) is 23.7 Å². The van der Waals surface area contributed by atoms with Gasteiger partial charge in [-0.2, -0.15) is 0 Å². The van der Waals surface area contributed by atoms with Crippen LogP contribution >= 0.6 is 0 Å².